The lowest BCUT2D eigenvalue weighted by Crippen LogP contribution is -2.04. The average molecular weight is 306 g/mol. The number of carbonyl (C=O) groups excluding carboxylic acids is 1. The molecule has 3 rings (SSSR count). The van der Waals surface area contributed by atoms with E-state index in [1.54, 1.807) is 36.4 Å². The van der Waals surface area contributed by atoms with Crippen molar-refractivity contribution in [1.29, 1.82) is 0 Å². The van der Waals surface area contributed by atoms with Gasteiger partial charge in [-0.15, -0.1) is 0 Å². The summed E-state index contributed by atoms with van der Waals surface area (Å²) in [4.78, 5) is 13.8. The van der Waals surface area contributed by atoms with Crippen molar-refractivity contribution in [2.24, 2.45) is 0 Å². The summed E-state index contributed by atoms with van der Waals surface area (Å²) in [5, 5.41) is 0. The zero-order valence-corrected chi connectivity index (χ0v) is 12.6. The Labute approximate surface area is 132 Å². The molecule has 3 aromatic carbocycles. The summed E-state index contributed by atoms with van der Waals surface area (Å²) in [6.45, 7) is 0. The van der Waals surface area contributed by atoms with Gasteiger partial charge in [0, 0.05) is 22.3 Å². The third-order valence-corrected chi connectivity index (χ3v) is 4.72. The third-order valence-electron chi connectivity index (χ3n) is 3.32. The zero-order valence-electron chi connectivity index (χ0n) is 11.8. The molecule has 0 spiro atoms. The van der Waals surface area contributed by atoms with E-state index in [4.69, 9.17) is 0 Å². The summed E-state index contributed by atoms with van der Waals surface area (Å²) in [5.41, 5.74) is 1.25. The van der Waals surface area contributed by atoms with Gasteiger partial charge in [0.1, 0.15) is 0 Å². The second-order valence-corrected chi connectivity index (χ2v) is 6.28. The fraction of sp³-hybridized carbons (Fsp3) is 0. The summed E-state index contributed by atoms with van der Waals surface area (Å²) in [5.74, 6) is -0.0300. The molecule has 1 atom stereocenters. The molecule has 0 amide bonds. The smallest absolute Gasteiger partial charge is 0.193 e. The molecule has 0 radical (unpaired) electrons. The highest BCUT2D eigenvalue weighted by Gasteiger charge is 2.15. The predicted octanol–water partition coefficient (Wildman–Crippen LogP) is 4.08. The van der Waals surface area contributed by atoms with Gasteiger partial charge in [0.2, 0.25) is 0 Å². The largest absolute Gasteiger partial charge is 0.606 e. The van der Waals surface area contributed by atoms with E-state index in [-0.39, 0.29) is 5.78 Å². The number of hydrogen-bond donors (Lipinski definition) is 0. The average Bonchev–Trinajstić information content (AvgIpc) is 2.62. The van der Waals surface area contributed by atoms with Gasteiger partial charge >= 0.3 is 0 Å². The van der Waals surface area contributed by atoms with E-state index in [9.17, 15) is 9.35 Å². The van der Waals surface area contributed by atoms with Crippen molar-refractivity contribution in [3.05, 3.63) is 96.1 Å². The topological polar surface area (TPSA) is 40.1 Å². The van der Waals surface area contributed by atoms with Crippen molar-refractivity contribution >= 4 is 17.0 Å². The summed E-state index contributed by atoms with van der Waals surface area (Å²) in [6, 6.07) is 25.4. The normalized spacial score (nSPS) is 11.9. The molecule has 0 aromatic heterocycles. The van der Waals surface area contributed by atoms with E-state index in [0.29, 0.717) is 16.0 Å². The lowest BCUT2D eigenvalue weighted by atomic mass is 10.0. The Kier molecular flexibility index (Phi) is 4.37. The van der Waals surface area contributed by atoms with Gasteiger partial charge in [-0.2, -0.15) is 0 Å². The Morgan fingerprint density at radius 1 is 0.636 bits per heavy atom. The van der Waals surface area contributed by atoms with Crippen LogP contribution in [0.1, 0.15) is 15.9 Å². The molecule has 0 bridgehead atoms. The molecule has 3 aromatic rings. The van der Waals surface area contributed by atoms with E-state index in [2.05, 4.69) is 0 Å². The summed E-state index contributed by atoms with van der Waals surface area (Å²) >= 11 is -1.22. The van der Waals surface area contributed by atoms with E-state index < -0.39 is 11.2 Å². The van der Waals surface area contributed by atoms with E-state index >= 15 is 0 Å². The van der Waals surface area contributed by atoms with Gasteiger partial charge in [-0.1, -0.05) is 48.5 Å². The van der Waals surface area contributed by atoms with Gasteiger partial charge in [-0.3, -0.25) is 4.79 Å². The lowest BCUT2D eigenvalue weighted by Gasteiger charge is -2.10. The van der Waals surface area contributed by atoms with Gasteiger partial charge in [-0.05, 0) is 36.4 Å². The Bertz CT molecular complexity index is 752. The first-order chi connectivity index (χ1) is 10.8. The van der Waals surface area contributed by atoms with Crippen LogP contribution in [0.4, 0.5) is 0 Å². The van der Waals surface area contributed by atoms with Crippen molar-refractivity contribution < 1.29 is 9.35 Å². The van der Waals surface area contributed by atoms with Crippen LogP contribution in [-0.2, 0) is 11.2 Å². The standard InChI is InChI=1S/C19H14O2S/c20-19(15-7-3-1-4-8-15)16-11-13-18(14-12-16)22(21)17-9-5-2-6-10-17/h1-14H. The zero-order chi connectivity index (χ0) is 15.4. The third kappa shape index (κ3) is 3.11. The number of carbonyl (C=O) groups is 1. The molecular weight excluding hydrogens is 292 g/mol. The van der Waals surface area contributed by atoms with Crippen LogP contribution in [0.3, 0.4) is 0 Å². The van der Waals surface area contributed by atoms with Crippen LogP contribution >= 0.6 is 0 Å². The van der Waals surface area contributed by atoms with Crippen LogP contribution in [0.15, 0.2) is 94.7 Å². The molecule has 108 valence electrons. The Morgan fingerprint density at radius 2 is 1.09 bits per heavy atom. The Morgan fingerprint density at radius 3 is 1.68 bits per heavy atom. The van der Waals surface area contributed by atoms with Crippen LogP contribution in [0, 0.1) is 0 Å². The first-order valence-electron chi connectivity index (χ1n) is 6.92. The predicted molar refractivity (Wildman–Crippen MR) is 87.4 cm³/mol. The highest BCUT2D eigenvalue weighted by Crippen LogP contribution is 2.21. The molecule has 0 fully saturated rings. The summed E-state index contributed by atoms with van der Waals surface area (Å²) in [7, 11) is 0. The van der Waals surface area contributed by atoms with Crippen LogP contribution in [0.5, 0.6) is 0 Å². The van der Waals surface area contributed by atoms with Crippen molar-refractivity contribution in [3.8, 4) is 0 Å². The van der Waals surface area contributed by atoms with Crippen LogP contribution < -0.4 is 0 Å². The Balaban J connectivity index is 1.83. The number of hydrogen-bond acceptors (Lipinski definition) is 2. The number of rotatable bonds is 4. The molecule has 0 heterocycles. The first-order valence-corrected chi connectivity index (χ1v) is 8.07. The van der Waals surface area contributed by atoms with E-state index in [1.165, 1.54) is 0 Å². The number of benzene rings is 3. The molecule has 0 aliphatic heterocycles. The molecule has 1 unspecified atom stereocenters. The lowest BCUT2D eigenvalue weighted by molar-refractivity contribution is 0.103. The second-order valence-electron chi connectivity index (χ2n) is 4.80. The van der Waals surface area contributed by atoms with Crippen molar-refractivity contribution in [1.82, 2.24) is 0 Å². The monoisotopic (exact) mass is 306 g/mol. The molecular formula is C19H14O2S. The molecule has 2 nitrogen and oxygen atoms in total. The summed E-state index contributed by atoms with van der Waals surface area (Å²) in [6.07, 6.45) is 0. The molecule has 0 saturated heterocycles. The van der Waals surface area contributed by atoms with Crippen molar-refractivity contribution in [3.63, 3.8) is 0 Å². The van der Waals surface area contributed by atoms with Gasteiger partial charge in [0.25, 0.3) is 0 Å². The van der Waals surface area contributed by atoms with Crippen LogP contribution in [0.25, 0.3) is 0 Å². The maximum Gasteiger partial charge on any atom is 0.193 e. The maximum atomic E-state index is 12.4. The molecule has 0 N–H and O–H groups in total. The number of ketones is 1. The first kappa shape index (κ1) is 14.6. The van der Waals surface area contributed by atoms with Gasteiger partial charge < -0.3 is 4.55 Å². The quantitative estimate of drug-likeness (QED) is 0.538. The van der Waals surface area contributed by atoms with Gasteiger partial charge in [-0.25, -0.2) is 0 Å². The molecule has 0 saturated carbocycles. The Hall–Kier alpha value is -2.36. The maximum absolute atomic E-state index is 12.4. The SMILES string of the molecule is O=C(c1ccccc1)c1ccc([S+]([O-])c2ccccc2)cc1. The minimum absolute atomic E-state index is 0.0300. The van der Waals surface area contributed by atoms with Crippen LogP contribution in [0.2, 0.25) is 0 Å². The molecule has 22 heavy (non-hydrogen) atoms. The van der Waals surface area contributed by atoms with Gasteiger partial charge in [0.05, 0.1) is 0 Å². The summed E-state index contributed by atoms with van der Waals surface area (Å²) < 4.78 is 12.4. The fourth-order valence-electron chi connectivity index (χ4n) is 2.17. The van der Waals surface area contributed by atoms with E-state index in [0.717, 1.165) is 4.90 Å². The van der Waals surface area contributed by atoms with Crippen LogP contribution in [-0.4, -0.2) is 10.3 Å². The highest BCUT2D eigenvalue weighted by atomic mass is 32.2. The van der Waals surface area contributed by atoms with Gasteiger partial charge in [0.15, 0.2) is 15.6 Å². The molecule has 0 aliphatic rings. The molecule has 3 heteroatoms. The minimum atomic E-state index is -1.22. The second kappa shape index (κ2) is 6.60. The van der Waals surface area contributed by atoms with E-state index in [1.807, 2.05) is 48.5 Å². The highest BCUT2D eigenvalue weighted by molar-refractivity contribution is 7.91. The minimum Gasteiger partial charge on any atom is -0.606 e. The van der Waals surface area contributed by atoms with Crippen molar-refractivity contribution in [2.45, 2.75) is 9.79 Å². The fourth-order valence-corrected chi connectivity index (χ4v) is 3.23. The molecule has 0 aliphatic carbocycles. The van der Waals surface area contributed by atoms with Crippen molar-refractivity contribution in [2.75, 3.05) is 0 Å².